The van der Waals surface area contributed by atoms with Gasteiger partial charge in [0, 0.05) is 4.47 Å². The van der Waals surface area contributed by atoms with Crippen molar-refractivity contribution in [3.05, 3.63) is 57.8 Å². The van der Waals surface area contributed by atoms with Gasteiger partial charge in [-0.05, 0) is 46.3 Å². The second kappa shape index (κ2) is 5.48. The molecule has 0 atom stereocenters. The van der Waals surface area contributed by atoms with E-state index in [-0.39, 0.29) is 15.6 Å². The zero-order valence-electron chi connectivity index (χ0n) is 9.40. The molecule has 0 saturated carbocycles. The molecule has 0 bridgehead atoms. The topological polar surface area (TPSA) is 46.2 Å². The highest BCUT2D eigenvalue weighted by Crippen LogP contribution is 2.25. The molecule has 0 aliphatic carbocycles. The van der Waals surface area contributed by atoms with Crippen molar-refractivity contribution in [3.63, 3.8) is 0 Å². The Hall–Kier alpha value is -1.11. The minimum Gasteiger partial charge on any atom is -0.280 e. The van der Waals surface area contributed by atoms with Crippen LogP contribution in [-0.4, -0.2) is 8.42 Å². The number of anilines is 1. The molecule has 1 N–H and O–H groups in total. The van der Waals surface area contributed by atoms with Gasteiger partial charge in [0.2, 0.25) is 0 Å². The molecule has 0 fully saturated rings. The molecule has 100 valence electrons. The van der Waals surface area contributed by atoms with Crippen LogP contribution in [0.4, 0.5) is 10.1 Å². The van der Waals surface area contributed by atoms with Crippen LogP contribution in [-0.2, 0) is 10.0 Å². The first-order valence-corrected chi connectivity index (χ1v) is 7.78. The Morgan fingerprint density at radius 1 is 1.16 bits per heavy atom. The monoisotopic (exact) mass is 363 g/mol. The molecule has 0 unspecified atom stereocenters. The van der Waals surface area contributed by atoms with E-state index in [0.29, 0.717) is 4.47 Å². The fourth-order valence-corrected chi connectivity index (χ4v) is 3.67. The van der Waals surface area contributed by atoms with Gasteiger partial charge in [-0.1, -0.05) is 23.7 Å². The lowest BCUT2D eigenvalue weighted by Crippen LogP contribution is -2.13. The highest BCUT2D eigenvalue weighted by Gasteiger charge is 2.17. The highest BCUT2D eigenvalue weighted by atomic mass is 79.9. The van der Waals surface area contributed by atoms with E-state index in [4.69, 9.17) is 11.6 Å². The van der Waals surface area contributed by atoms with E-state index < -0.39 is 15.8 Å². The Morgan fingerprint density at radius 2 is 1.84 bits per heavy atom. The summed E-state index contributed by atoms with van der Waals surface area (Å²) >= 11 is 8.77. The van der Waals surface area contributed by atoms with E-state index in [1.807, 2.05) is 0 Å². The Bertz CT molecular complexity index is 721. The third-order valence-corrected chi connectivity index (χ3v) is 4.98. The number of sulfonamides is 1. The van der Waals surface area contributed by atoms with E-state index in [0.717, 1.165) is 6.07 Å². The summed E-state index contributed by atoms with van der Waals surface area (Å²) in [5, 5.41) is -0.146. The summed E-state index contributed by atoms with van der Waals surface area (Å²) in [7, 11) is -3.75. The lowest BCUT2D eigenvalue weighted by atomic mass is 10.3. The molecular formula is C12H8BrClFNO2S. The minimum atomic E-state index is -3.75. The van der Waals surface area contributed by atoms with Gasteiger partial charge in [-0.2, -0.15) is 0 Å². The molecule has 0 heterocycles. The maximum Gasteiger partial charge on any atom is 0.263 e. The van der Waals surface area contributed by atoms with E-state index in [9.17, 15) is 12.8 Å². The zero-order valence-corrected chi connectivity index (χ0v) is 12.6. The molecule has 19 heavy (non-hydrogen) atoms. The fraction of sp³-hybridized carbons (Fsp3) is 0. The number of benzene rings is 2. The number of halogens is 3. The van der Waals surface area contributed by atoms with Gasteiger partial charge < -0.3 is 0 Å². The third kappa shape index (κ3) is 3.26. The van der Waals surface area contributed by atoms with Crippen LogP contribution in [0.1, 0.15) is 0 Å². The van der Waals surface area contributed by atoms with Gasteiger partial charge in [-0.25, -0.2) is 12.8 Å². The van der Waals surface area contributed by atoms with E-state index in [1.54, 1.807) is 18.2 Å². The molecule has 0 aliphatic rings. The molecule has 0 amide bonds. The van der Waals surface area contributed by atoms with Crippen molar-refractivity contribution >= 4 is 43.2 Å². The van der Waals surface area contributed by atoms with Gasteiger partial charge in [-0.15, -0.1) is 0 Å². The fourth-order valence-electron chi connectivity index (χ4n) is 1.43. The summed E-state index contributed by atoms with van der Waals surface area (Å²) < 4.78 is 40.1. The average molecular weight is 365 g/mol. The van der Waals surface area contributed by atoms with Crippen molar-refractivity contribution in [3.8, 4) is 0 Å². The lowest BCUT2D eigenvalue weighted by Gasteiger charge is -2.09. The molecule has 2 aromatic rings. The van der Waals surface area contributed by atoms with Crippen molar-refractivity contribution < 1.29 is 12.8 Å². The molecular weight excluding hydrogens is 357 g/mol. The SMILES string of the molecule is O=S(=O)(Nc1ccc(F)c(Cl)c1)c1ccccc1Br. The summed E-state index contributed by atoms with van der Waals surface area (Å²) in [5.41, 5.74) is 0.196. The maximum absolute atomic E-state index is 13.0. The molecule has 0 aliphatic heterocycles. The zero-order chi connectivity index (χ0) is 14.0. The van der Waals surface area contributed by atoms with Crippen LogP contribution in [0.25, 0.3) is 0 Å². The normalized spacial score (nSPS) is 11.3. The number of nitrogens with one attached hydrogen (secondary N) is 1. The molecule has 0 radical (unpaired) electrons. The van der Waals surface area contributed by atoms with Gasteiger partial charge in [0.15, 0.2) is 0 Å². The summed E-state index contributed by atoms with van der Waals surface area (Å²) in [5.74, 6) is -0.606. The predicted molar refractivity (Wildman–Crippen MR) is 76.4 cm³/mol. The van der Waals surface area contributed by atoms with E-state index >= 15 is 0 Å². The number of hydrogen-bond donors (Lipinski definition) is 1. The van der Waals surface area contributed by atoms with Crippen LogP contribution in [0.15, 0.2) is 51.8 Å². The Balaban J connectivity index is 2.37. The van der Waals surface area contributed by atoms with Crippen LogP contribution in [0.5, 0.6) is 0 Å². The summed E-state index contributed by atoms with van der Waals surface area (Å²) in [6.07, 6.45) is 0. The molecule has 0 aromatic heterocycles. The quantitative estimate of drug-likeness (QED) is 0.893. The minimum absolute atomic E-state index is 0.0930. The first kappa shape index (κ1) is 14.3. The summed E-state index contributed by atoms with van der Waals surface area (Å²) in [4.78, 5) is 0.0930. The van der Waals surface area contributed by atoms with Crippen LogP contribution < -0.4 is 4.72 Å². The standard InChI is InChI=1S/C12H8BrClFNO2S/c13-9-3-1-2-4-12(9)19(17,18)16-8-5-6-11(15)10(14)7-8/h1-7,16H. The van der Waals surface area contributed by atoms with Crippen molar-refractivity contribution in [2.24, 2.45) is 0 Å². The van der Waals surface area contributed by atoms with Crippen molar-refractivity contribution in [2.45, 2.75) is 4.90 Å². The second-order valence-corrected chi connectivity index (χ2v) is 6.58. The molecule has 3 nitrogen and oxygen atoms in total. The Labute approximate surface area is 123 Å². The molecule has 7 heteroatoms. The Morgan fingerprint density at radius 3 is 2.47 bits per heavy atom. The number of rotatable bonds is 3. The molecule has 0 spiro atoms. The number of hydrogen-bond acceptors (Lipinski definition) is 2. The second-order valence-electron chi connectivity index (χ2n) is 3.66. The van der Waals surface area contributed by atoms with Gasteiger partial charge >= 0.3 is 0 Å². The maximum atomic E-state index is 13.0. The first-order valence-electron chi connectivity index (χ1n) is 5.12. The lowest BCUT2D eigenvalue weighted by molar-refractivity contribution is 0.600. The van der Waals surface area contributed by atoms with Crippen molar-refractivity contribution in [2.75, 3.05) is 4.72 Å². The molecule has 0 saturated heterocycles. The van der Waals surface area contributed by atoms with Gasteiger partial charge in [0.1, 0.15) is 10.7 Å². The van der Waals surface area contributed by atoms with Gasteiger partial charge in [0.25, 0.3) is 10.0 Å². The van der Waals surface area contributed by atoms with Gasteiger partial charge in [0.05, 0.1) is 10.7 Å². The molecule has 2 rings (SSSR count). The predicted octanol–water partition coefficient (Wildman–Crippen LogP) is 4.04. The largest absolute Gasteiger partial charge is 0.280 e. The van der Waals surface area contributed by atoms with Crippen LogP contribution in [0.3, 0.4) is 0 Å². The van der Waals surface area contributed by atoms with E-state index in [2.05, 4.69) is 20.7 Å². The summed E-state index contributed by atoms with van der Waals surface area (Å²) in [6.45, 7) is 0. The van der Waals surface area contributed by atoms with Gasteiger partial charge in [-0.3, -0.25) is 4.72 Å². The Kier molecular flexibility index (Phi) is 4.13. The van der Waals surface area contributed by atoms with Crippen LogP contribution in [0.2, 0.25) is 5.02 Å². The average Bonchev–Trinajstić information content (AvgIpc) is 2.34. The molecule has 2 aromatic carbocycles. The van der Waals surface area contributed by atoms with Crippen LogP contribution >= 0.6 is 27.5 Å². The van der Waals surface area contributed by atoms with Crippen LogP contribution in [0, 0.1) is 5.82 Å². The summed E-state index contributed by atoms with van der Waals surface area (Å²) in [6, 6.07) is 10.00. The highest BCUT2D eigenvalue weighted by molar-refractivity contribution is 9.10. The van der Waals surface area contributed by atoms with Crippen molar-refractivity contribution in [1.82, 2.24) is 0 Å². The van der Waals surface area contributed by atoms with Crippen molar-refractivity contribution in [1.29, 1.82) is 0 Å². The smallest absolute Gasteiger partial charge is 0.263 e. The third-order valence-electron chi connectivity index (χ3n) is 2.30. The van der Waals surface area contributed by atoms with E-state index in [1.165, 1.54) is 18.2 Å². The first-order chi connectivity index (χ1) is 8.90.